The van der Waals surface area contributed by atoms with Gasteiger partial charge in [0.25, 0.3) is 5.91 Å². The summed E-state index contributed by atoms with van der Waals surface area (Å²) in [4.78, 5) is 26.7. The van der Waals surface area contributed by atoms with E-state index in [0.29, 0.717) is 30.1 Å². The monoisotopic (exact) mass is 388 g/mol. The smallest absolute Gasteiger partial charge is 0.340 e. The molecule has 0 bridgehead atoms. The summed E-state index contributed by atoms with van der Waals surface area (Å²) in [6.07, 6.45) is 6.54. The standard InChI is InChI=1S/C22H32N2O4/c1-5-7-8-9-14-27-16-21(25)24(13-12-17(3)4)20-15-18(23)10-11-19(20)22(26)28-6-2/h5,10-12,15H,1,6-9,13-14,16,23H2,2-4H3. The number of unbranched alkanes of at least 4 members (excludes halogenated alkanes) is 2. The van der Waals surface area contributed by atoms with Crippen molar-refractivity contribution in [3.8, 4) is 0 Å². The van der Waals surface area contributed by atoms with Crippen LogP contribution < -0.4 is 10.6 Å². The second-order valence-electron chi connectivity index (χ2n) is 6.62. The van der Waals surface area contributed by atoms with Gasteiger partial charge in [0.2, 0.25) is 0 Å². The highest BCUT2D eigenvalue weighted by atomic mass is 16.5. The van der Waals surface area contributed by atoms with Gasteiger partial charge in [-0.15, -0.1) is 6.58 Å². The Bertz CT molecular complexity index is 694. The molecule has 154 valence electrons. The molecule has 0 aliphatic heterocycles. The normalized spacial score (nSPS) is 10.2. The Morgan fingerprint density at radius 1 is 1.25 bits per heavy atom. The van der Waals surface area contributed by atoms with E-state index < -0.39 is 5.97 Å². The number of anilines is 2. The van der Waals surface area contributed by atoms with Gasteiger partial charge in [0.05, 0.1) is 17.9 Å². The number of nitrogen functional groups attached to an aromatic ring is 1. The lowest BCUT2D eigenvalue weighted by Crippen LogP contribution is -2.35. The quantitative estimate of drug-likeness (QED) is 0.252. The SMILES string of the molecule is C=CCCCCOCC(=O)N(CC=C(C)C)c1cc(N)ccc1C(=O)OCC. The van der Waals surface area contributed by atoms with Crippen molar-refractivity contribution in [1.29, 1.82) is 0 Å². The first-order valence-corrected chi connectivity index (χ1v) is 9.59. The molecule has 1 aromatic rings. The van der Waals surface area contributed by atoms with Gasteiger partial charge < -0.3 is 20.1 Å². The van der Waals surface area contributed by atoms with Crippen LogP contribution in [0.5, 0.6) is 0 Å². The third-order valence-corrected chi connectivity index (χ3v) is 3.96. The summed E-state index contributed by atoms with van der Waals surface area (Å²) < 4.78 is 10.7. The van der Waals surface area contributed by atoms with Crippen molar-refractivity contribution < 1.29 is 19.1 Å². The summed E-state index contributed by atoms with van der Waals surface area (Å²) in [6, 6.07) is 4.82. The number of carbonyl (C=O) groups is 2. The molecule has 0 spiro atoms. The Kier molecular flexibility index (Phi) is 10.7. The van der Waals surface area contributed by atoms with Crippen molar-refractivity contribution in [3.63, 3.8) is 0 Å². The topological polar surface area (TPSA) is 81.9 Å². The van der Waals surface area contributed by atoms with E-state index in [2.05, 4.69) is 6.58 Å². The molecular weight excluding hydrogens is 356 g/mol. The first-order valence-electron chi connectivity index (χ1n) is 9.59. The van der Waals surface area contributed by atoms with Crippen molar-refractivity contribution in [1.82, 2.24) is 0 Å². The molecule has 6 heteroatoms. The highest BCUT2D eigenvalue weighted by Crippen LogP contribution is 2.25. The maximum Gasteiger partial charge on any atom is 0.340 e. The average Bonchev–Trinajstić information content (AvgIpc) is 2.64. The van der Waals surface area contributed by atoms with Crippen molar-refractivity contribution in [2.24, 2.45) is 0 Å². The van der Waals surface area contributed by atoms with E-state index in [0.717, 1.165) is 24.8 Å². The third-order valence-electron chi connectivity index (χ3n) is 3.96. The Balaban J connectivity index is 3.02. The van der Waals surface area contributed by atoms with Crippen molar-refractivity contribution in [2.75, 3.05) is 37.0 Å². The minimum atomic E-state index is -0.488. The van der Waals surface area contributed by atoms with Crippen molar-refractivity contribution >= 4 is 23.3 Å². The molecule has 2 N–H and O–H groups in total. The number of hydrogen-bond acceptors (Lipinski definition) is 5. The molecule has 0 aromatic heterocycles. The van der Waals surface area contributed by atoms with Crippen LogP contribution in [0.3, 0.4) is 0 Å². The molecule has 28 heavy (non-hydrogen) atoms. The lowest BCUT2D eigenvalue weighted by Gasteiger charge is -2.24. The van der Waals surface area contributed by atoms with Crippen LogP contribution in [0.1, 0.15) is 50.4 Å². The number of rotatable bonds is 12. The zero-order chi connectivity index (χ0) is 20.9. The molecule has 0 aliphatic rings. The fourth-order valence-electron chi connectivity index (χ4n) is 2.49. The van der Waals surface area contributed by atoms with Crippen molar-refractivity contribution in [2.45, 2.75) is 40.0 Å². The van der Waals surface area contributed by atoms with Gasteiger partial charge in [-0.05, 0) is 58.2 Å². The zero-order valence-electron chi connectivity index (χ0n) is 17.2. The summed E-state index contributed by atoms with van der Waals surface area (Å²) in [7, 11) is 0. The molecule has 0 atom stereocenters. The number of amides is 1. The lowest BCUT2D eigenvalue weighted by atomic mass is 10.1. The second-order valence-corrected chi connectivity index (χ2v) is 6.62. The molecule has 0 saturated carbocycles. The summed E-state index contributed by atoms with van der Waals surface area (Å²) >= 11 is 0. The molecule has 0 aliphatic carbocycles. The number of carbonyl (C=O) groups excluding carboxylic acids is 2. The van der Waals surface area contributed by atoms with Crippen LogP contribution in [0.4, 0.5) is 11.4 Å². The van der Waals surface area contributed by atoms with Gasteiger partial charge in [-0.1, -0.05) is 17.7 Å². The number of nitrogens with two attached hydrogens (primary N) is 1. The maximum atomic E-state index is 12.9. The number of ether oxygens (including phenoxy) is 2. The Morgan fingerprint density at radius 2 is 2.00 bits per heavy atom. The predicted molar refractivity (Wildman–Crippen MR) is 113 cm³/mol. The fourth-order valence-corrected chi connectivity index (χ4v) is 2.49. The number of nitrogens with zero attached hydrogens (tertiary/aromatic N) is 1. The number of allylic oxidation sites excluding steroid dienone is 2. The van der Waals surface area contributed by atoms with E-state index in [-0.39, 0.29) is 19.1 Å². The summed E-state index contributed by atoms with van der Waals surface area (Å²) in [6.45, 7) is 10.3. The minimum Gasteiger partial charge on any atom is -0.462 e. The van der Waals surface area contributed by atoms with E-state index >= 15 is 0 Å². The lowest BCUT2D eigenvalue weighted by molar-refractivity contribution is -0.123. The first kappa shape index (κ1) is 23.4. The largest absolute Gasteiger partial charge is 0.462 e. The predicted octanol–water partition coefficient (Wildman–Crippen LogP) is 4.12. The summed E-state index contributed by atoms with van der Waals surface area (Å²) in [5.41, 5.74) is 8.17. The average molecular weight is 389 g/mol. The van der Waals surface area contributed by atoms with E-state index in [4.69, 9.17) is 15.2 Å². The van der Waals surface area contributed by atoms with Gasteiger partial charge in [-0.2, -0.15) is 0 Å². The number of esters is 1. The van der Waals surface area contributed by atoms with Gasteiger partial charge in [0.15, 0.2) is 0 Å². The van der Waals surface area contributed by atoms with Crippen LogP contribution in [0.15, 0.2) is 42.5 Å². The molecule has 0 heterocycles. The molecule has 1 rings (SSSR count). The van der Waals surface area contributed by atoms with Crippen LogP contribution in [-0.2, 0) is 14.3 Å². The highest BCUT2D eigenvalue weighted by Gasteiger charge is 2.22. The molecule has 0 fully saturated rings. The van der Waals surface area contributed by atoms with E-state index in [1.54, 1.807) is 25.1 Å². The maximum absolute atomic E-state index is 12.9. The Morgan fingerprint density at radius 3 is 2.64 bits per heavy atom. The molecule has 0 unspecified atom stereocenters. The van der Waals surface area contributed by atoms with Crippen LogP contribution in [-0.4, -0.2) is 38.2 Å². The summed E-state index contributed by atoms with van der Waals surface area (Å²) in [5, 5.41) is 0. The number of benzene rings is 1. The Hall–Kier alpha value is -2.60. The van der Waals surface area contributed by atoms with Crippen LogP contribution in [0.25, 0.3) is 0 Å². The van der Waals surface area contributed by atoms with Crippen LogP contribution in [0, 0.1) is 0 Å². The summed E-state index contributed by atoms with van der Waals surface area (Å²) in [5.74, 6) is -0.727. The fraction of sp³-hybridized carbons (Fsp3) is 0.455. The van der Waals surface area contributed by atoms with Gasteiger partial charge in [-0.25, -0.2) is 4.79 Å². The molecular formula is C22H32N2O4. The molecule has 0 radical (unpaired) electrons. The van der Waals surface area contributed by atoms with E-state index in [1.165, 1.54) is 4.90 Å². The van der Waals surface area contributed by atoms with E-state index in [1.807, 2.05) is 26.0 Å². The van der Waals surface area contributed by atoms with Crippen LogP contribution in [0.2, 0.25) is 0 Å². The van der Waals surface area contributed by atoms with Crippen molar-refractivity contribution in [3.05, 3.63) is 48.1 Å². The van der Waals surface area contributed by atoms with Gasteiger partial charge in [0.1, 0.15) is 6.61 Å². The number of hydrogen-bond donors (Lipinski definition) is 1. The van der Waals surface area contributed by atoms with Gasteiger partial charge >= 0.3 is 5.97 Å². The molecule has 6 nitrogen and oxygen atoms in total. The molecule has 1 amide bonds. The highest BCUT2D eigenvalue weighted by molar-refractivity contribution is 6.03. The van der Waals surface area contributed by atoms with Gasteiger partial charge in [-0.3, -0.25) is 4.79 Å². The zero-order valence-corrected chi connectivity index (χ0v) is 17.2. The van der Waals surface area contributed by atoms with Crippen LogP contribution >= 0.6 is 0 Å². The third kappa shape index (κ3) is 7.96. The minimum absolute atomic E-state index is 0.0677. The first-order chi connectivity index (χ1) is 13.4. The molecule has 0 saturated heterocycles. The second kappa shape index (κ2) is 12.7. The van der Waals surface area contributed by atoms with Gasteiger partial charge in [0, 0.05) is 18.8 Å². The molecule has 1 aromatic carbocycles. The Labute approximate surface area is 168 Å². The van der Waals surface area contributed by atoms with E-state index in [9.17, 15) is 9.59 Å².